The first-order valence-corrected chi connectivity index (χ1v) is 6.88. The van der Waals surface area contributed by atoms with Crippen LogP contribution in [0.3, 0.4) is 0 Å². The number of amides is 1. The summed E-state index contributed by atoms with van der Waals surface area (Å²) in [5, 5.41) is 4.31. The summed E-state index contributed by atoms with van der Waals surface area (Å²) in [6, 6.07) is 12.0. The average molecular weight is 327 g/mol. The Hall–Kier alpha value is -1.48. The van der Waals surface area contributed by atoms with E-state index >= 15 is 0 Å². The van der Waals surface area contributed by atoms with E-state index in [0.717, 1.165) is 5.56 Å². The molecule has 0 saturated heterocycles. The molecule has 2 aromatic carbocycles. The summed E-state index contributed by atoms with van der Waals surface area (Å²) in [5.41, 5.74) is 1.35. The van der Waals surface area contributed by atoms with E-state index < -0.39 is 0 Å². The fourth-order valence-electron chi connectivity index (χ4n) is 1.55. The Balaban J connectivity index is 2.06. The third-order valence-electron chi connectivity index (χ3n) is 2.47. The monoisotopic (exact) mass is 325 g/mol. The number of nitrogens with one attached hydrogen (secondary N) is 1. The van der Waals surface area contributed by atoms with Crippen LogP contribution in [0, 0.1) is 0 Å². The number of hydrogen-bond donors (Lipinski definition) is 1. The minimum Gasteiger partial charge on any atom is -0.322 e. The maximum absolute atomic E-state index is 11.8. The number of anilines is 1. The fraction of sp³-hybridized carbons (Fsp3) is 0. The fourth-order valence-corrected chi connectivity index (χ4v) is 2.21. The second kappa shape index (κ2) is 6.80. The van der Waals surface area contributed by atoms with E-state index in [2.05, 4.69) is 5.32 Å². The Bertz CT molecular complexity index is 668. The summed E-state index contributed by atoms with van der Waals surface area (Å²) in [4.78, 5) is 11.8. The molecule has 20 heavy (non-hydrogen) atoms. The smallest absolute Gasteiger partial charge is 0.248 e. The van der Waals surface area contributed by atoms with Gasteiger partial charge < -0.3 is 5.32 Å². The Morgan fingerprint density at radius 3 is 2.45 bits per heavy atom. The third-order valence-corrected chi connectivity index (χ3v) is 3.27. The maximum Gasteiger partial charge on any atom is 0.248 e. The van der Waals surface area contributed by atoms with Crippen molar-refractivity contribution in [2.24, 2.45) is 0 Å². The molecule has 0 aliphatic carbocycles. The van der Waals surface area contributed by atoms with Crippen LogP contribution in [0.2, 0.25) is 15.1 Å². The van der Waals surface area contributed by atoms with Crippen LogP contribution in [0.4, 0.5) is 5.69 Å². The van der Waals surface area contributed by atoms with Crippen molar-refractivity contribution in [2.45, 2.75) is 0 Å². The van der Waals surface area contributed by atoms with Gasteiger partial charge in [-0.1, -0.05) is 46.9 Å². The van der Waals surface area contributed by atoms with Crippen LogP contribution in [0.25, 0.3) is 6.08 Å². The lowest BCUT2D eigenvalue weighted by molar-refractivity contribution is -0.111. The molecule has 1 amide bonds. The standard InChI is InChI=1S/C15H10Cl3NO/c16-11-2-1-3-13(8-11)19-15(20)7-5-10-4-6-12(17)9-14(10)18/h1-9H,(H,19,20). The van der Waals surface area contributed by atoms with Gasteiger partial charge in [0.1, 0.15) is 0 Å². The highest BCUT2D eigenvalue weighted by atomic mass is 35.5. The minimum atomic E-state index is -0.265. The summed E-state index contributed by atoms with van der Waals surface area (Å²) in [5.74, 6) is -0.265. The summed E-state index contributed by atoms with van der Waals surface area (Å²) in [7, 11) is 0. The van der Waals surface area contributed by atoms with Crippen molar-refractivity contribution in [1.29, 1.82) is 0 Å². The lowest BCUT2D eigenvalue weighted by atomic mass is 10.2. The van der Waals surface area contributed by atoms with Gasteiger partial charge in [-0.25, -0.2) is 0 Å². The first-order valence-electron chi connectivity index (χ1n) is 5.74. The highest BCUT2D eigenvalue weighted by Gasteiger charge is 2.01. The van der Waals surface area contributed by atoms with Gasteiger partial charge in [0.05, 0.1) is 0 Å². The highest BCUT2D eigenvalue weighted by molar-refractivity contribution is 6.35. The van der Waals surface area contributed by atoms with Crippen LogP contribution in [0.15, 0.2) is 48.5 Å². The molecule has 2 aromatic rings. The van der Waals surface area contributed by atoms with E-state index in [0.29, 0.717) is 20.8 Å². The normalized spacial score (nSPS) is 10.8. The van der Waals surface area contributed by atoms with E-state index in [9.17, 15) is 4.79 Å². The molecule has 0 saturated carbocycles. The summed E-state index contributed by atoms with van der Waals surface area (Å²) < 4.78 is 0. The van der Waals surface area contributed by atoms with Crippen LogP contribution in [-0.2, 0) is 4.79 Å². The summed E-state index contributed by atoms with van der Waals surface area (Å²) >= 11 is 17.6. The van der Waals surface area contributed by atoms with Crippen LogP contribution in [0.5, 0.6) is 0 Å². The van der Waals surface area contributed by atoms with Crippen molar-refractivity contribution < 1.29 is 4.79 Å². The highest BCUT2D eigenvalue weighted by Crippen LogP contribution is 2.22. The molecule has 0 aliphatic rings. The lowest BCUT2D eigenvalue weighted by Gasteiger charge is -2.02. The number of carbonyl (C=O) groups excluding carboxylic acids is 1. The van der Waals surface area contributed by atoms with E-state index in [1.807, 2.05) is 0 Å². The first-order chi connectivity index (χ1) is 9.54. The predicted molar refractivity (Wildman–Crippen MR) is 85.6 cm³/mol. The van der Waals surface area contributed by atoms with Crippen molar-refractivity contribution in [3.05, 3.63) is 69.2 Å². The van der Waals surface area contributed by atoms with Gasteiger partial charge in [0.15, 0.2) is 0 Å². The number of rotatable bonds is 3. The molecule has 0 heterocycles. The molecular weight excluding hydrogens is 317 g/mol. The molecule has 0 radical (unpaired) electrons. The van der Waals surface area contributed by atoms with Gasteiger partial charge in [0.25, 0.3) is 0 Å². The lowest BCUT2D eigenvalue weighted by Crippen LogP contribution is -2.07. The number of halogens is 3. The van der Waals surface area contributed by atoms with Gasteiger partial charge in [-0.15, -0.1) is 0 Å². The van der Waals surface area contributed by atoms with Gasteiger partial charge in [0, 0.05) is 26.8 Å². The van der Waals surface area contributed by atoms with Gasteiger partial charge in [0.2, 0.25) is 5.91 Å². The van der Waals surface area contributed by atoms with Crippen LogP contribution < -0.4 is 5.32 Å². The van der Waals surface area contributed by atoms with Gasteiger partial charge >= 0.3 is 0 Å². The quantitative estimate of drug-likeness (QED) is 0.762. The molecule has 1 N–H and O–H groups in total. The Morgan fingerprint density at radius 2 is 1.75 bits per heavy atom. The summed E-state index contributed by atoms with van der Waals surface area (Å²) in [6.45, 7) is 0. The minimum absolute atomic E-state index is 0.265. The molecule has 0 aromatic heterocycles. The van der Waals surface area contributed by atoms with Crippen molar-refractivity contribution >= 4 is 52.5 Å². The third kappa shape index (κ3) is 4.27. The molecule has 2 nitrogen and oxygen atoms in total. The van der Waals surface area contributed by atoms with Crippen LogP contribution in [-0.4, -0.2) is 5.91 Å². The molecule has 102 valence electrons. The number of hydrogen-bond acceptors (Lipinski definition) is 1. The Labute approximate surface area is 132 Å². The van der Waals surface area contributed by atoms with Crippen molar-refractivity contribution in [1.82, 2.24) is 0 Å². The number of carbonyl (C=O) groups is 1. The molecule has 0 atom stereocenters. The zero-order valence-electron chi connectivity index (χ0n) is 10.2. The van der Waals surface area contributed by atoms with Crippen molar-refractivity contribution in [3.8, 4) is 0 Å². The summed E-state index contributed by atoms with van der Waals surface area (Å²) in [6.07, 6.45) is 3.02. The number of benzene rings is 2. The van der Waals surface area contributed by atoms with Gasteiger partial charge in [-0.3, -0.25) is 4.79 Å². The van der Waals surface area contributed by atoms with Crippen LogP contribution in [0.1, 0.15) is 5.56 Å². The zero-order chi connectivity index (χ0) is 14.5. The maximum atomic E-state index is 11.8. The van der Waals surface area contributed by atoms with Crippen LogP contribution >= 0.6 is 34.8 Å². The van der Waals surface area contributed by atoms with E-state index in [-0.39, 0.29) is 5.91 Å². The molecule has 0 unspecified atom stereocenters. The van der Waals surface area contributed by atoms with E-state index in [4.69, 9.17) is 34.8 Å². The predicted octanol–water partition coefficient (Wildman–Crippen LogP) is 5.30. The van der Waals surface area contributed by atoms with Crippen molar-refractivity contribution in [2.75, 3.05) is 5.32 Å². The van der Waals surface area contributed by atoms with E-state index in [1.165, 1.54) is 6.08 Å². The molecule has 5 heteroatoms. The second-order valence-electron chi connectivity index (χ2n) is 4.00. The molecule has 0 aliphatic heterocycles. The second-order valence-corrected chi connectivity index (χ2v) is 5.28. The molecule has 0 spiro atoms. The topological polar surface area (TPSA) is 29.1 Å². The van der Waals surface area contributed by atoms with Gasteiger partial charge in [-0.2, -0.15) is 0 Å². The largest absolute Gasteiger partial charge is 0.322 e. The SMILES string of the molecule is O=C(C=Cc1ccc(Cl)cc1Cl)Nc1cccc(Cl)c1. The zero-order valence-corrected chi connectivity index (χ0v) is 12.5. The molecular formula is C15H10Cl3NO. The molecule has 2 rings (SSSR count). The van der Waals surface area contributed by atoms with Gasteiger partial charge in [-0.05, 0) is 42.0 Å². The van der Waals surface area contributed by atoms with Crippen molar-refractivity contribution in [3.63, 3.8) is 0 Å². The Kier molecular flexibility index (Phi) is 5.07. The van der Waals surface area contributed by atoms with E-state index in [1.54, 1.807) is 48.5 Å². The first kappa shape index (κ1) is 14.9. The molecule has 0 bridgehead atoms. The molecule has 0 fully saturated rings. The average Bonchev–Trinajstić information content (AvgIpc) is 2.37. The Morgan fingerprint density at radius 1 is 1.00 bits per heavy atom.